The number of benzene rings is 2. The number of thioether (sulfide) groups is 1. The molecule has 4 aliphatic rings. The zero-order valence-electron chi connectivity index (χ0n) is 34.2. The highest BCUT2D eigenvalue weighted by molar-refractivity contribution is 8.05. The smallest absolute Gasteiger partial charge is 0.331 e. The van der Waals surface area contributed by atoms with Crippen LogP contribution in [0.3, 0.4) is 0 Å². The van der Waals surface area contributed by atoms with Crippen LogP contribution in [0.1, 0.15) is 101 Å². The summed E-state index contributed by atoms with van der Waals surface area (Å²) in [5.41, 5.74) is 9.61. The lowest BCUT2D eigenvalue weighted by molar-refractivity contribution is -0.159. The molecule has 2 saturated carbocycles. The molecule has 0 bridgehead atoms. The van der Waals surface area contributed by atoms with Gasteiger partial charge in [-0.25, -0.2) is 14.5 Å². The van der Waals surface area contributed by atoms with Crippen molar-refractivity contribution in [2.24, 2.45) is 28.4 Å². The molecule has 2 N–H and O–H groups in total. The highest BCUT2D eigenvalue weighted by atomic mass is 35.5. The third-order valence-electron chi connectivity index (χ3n) is 13.1. The Labute approximate surface area is 363 Å². The standard InChI is InChI=1S/C22H26N2O3S.C21H28N2O3.CCl2S/c1-5-15-12-21(10-9-19(15)26-4)13-16-7-8-17(24-3)11-18(16)22(21,28-14-23)20(25)27-6-2;1-5-14-12-20(10-9-18(14)25-4)13-15-7-8-16(23-3)11-17(15)21(20,22)19(24)26-6-2;2-1(3)4/h7-8,11,15,19H,5-6,9-10,12-13H2,1-2,4H3;7-8,11,14,18H,5-6,9-10,12-13,22H2,1-2,4H3;/t15-,19-,21-,22+;14-,18-,20-,21+;/m00./s1. The Balaban J connectivity index is 0.000000236. The third-order valence-corrected chi connectivity index (χ3v) is 14.3. The van der Waals surface area contributed by atoms with Crippen LogP contribution in [0.15, 0.2) is 36.4 Å². The number of carbonyl (C=O) groups excluding carboxylic acids is 2. The third kappa shape index (κ3) is 8.79. The van der Waals surface area contributed by atoms with Crippen molar-refractivity contribution in [3.63, 3.8) is 0 Å². The van der Waals surface area contributed by atoms with Crippen LogP contribution in [0, 0.1) is 46.5 Å². The second kappa shape index (κ2) is 20.3. The van der Waals surface area contributed by atoms with Crippen LogP contribution in [0.5, 0.6) is 0 Å². The maximum absolute atomic E-state index is 13.4. The van der Waals surface area contributed by atoms with Gasteiger partial charge in [-0.1, -0.05) is 98.5 Å². The normalized spacial score (nSPS) is 30.2. The first-order chi connectivity index (χ1) is 27.7. The first kappa shape index (κ1) is 47.4. The largest absolute Gasteiger partial charge is 0.465 e. The summed E-state index contributed by atoms with van der Waals surface area (Å²) >= 11 is 14.6. The van der Waals surface area contributed by atoms with Crippen molar-refractivity contribution in [3.05, 3.63) is 81.5 Å². The van der Waals surface area contributed by atoms with E-state index in [1.54, 1.807) is 46.3 Å². The molecular weight excluding hydrogens is 816 g/mol. The van der Waals surface area contributed by atoms with E-state index in [4.69, 9.17) is 61.0 Å². The van der Waals surface area contributed by atoms with Gasteiger partial charge in [-0.15, -0.1) is 0 Å². The molecule has 8 atom stereocenters. The van der Waals surface area contributed by atoms with Crippen LogP contribution >= 0.6 is 47.2 Å². The maximum Gasteiger partial charge on any atom is 0.331 e. The highest BCUT2D eigenvalue weighted by Gasteiger charge is 2.66. The SMILES string of the molecule is S=C(Cl)Cl.[C-]#[N+]c1ccc2c(c1)[C@@](N)(C(=O)OCC)[C@]1(CC[C@H](OC)[C@@H](CC)C1)C2.[C-]#[N+]c1ccc2c(c1)[C@@](SC#N)(C(=O)OCC)[C@]1(CC[C@H](OC)[C@@H](CC)C1)C2. The summed E-state index contributed by atoms with van der Waals surface area (Å²) in [5.74, 6) is -0.0398. The summed E-state index contributed by atoms with van der Waals surface area (Å²) in [6, 6.07) is 11.1. The molecule has 0 aromatic heterocycles. The highest BCUT2D eigenvalue weighted by Crippen LogP contribution is 2.66. The lowest BCUT2D eigenvalue weighted by atomic mass is 9.58. The summed E-state index contributed by atoms with van der Waals surface area (Å²) < 4.78 is 21.2. The zero-order valence-corrected chi connectivity index (χ0v) is 37.3. The van der Waals surface area contributed by atoms with Crippen molar-refractivity contribution in [2.75, 3.05) is 27.4 Å². The van der Waals surface area contributed by atoms with Gasteiger partial charge in [0.05, 0.1) is 38.6 Å². The van der Waals surface area contributed by atoms with Crippen molar-refractivity contribution >= 4 is 74.3 Å². The minimum Gasteiger partial charge on any atom is -0.465 e. The topological polar surface area (TPSA) is 130 Å². The van der Waals surface area contributed by atoms with Crippen molar-refractivity contribution in [3.8, 4) is 5.40 Å². The maximum atomic E-state index is 13.4. The molecule has 0 saturated heterocycles. The van der Waals surface area contributed by atoms with Gasteiger partial charge in [-0.2, -0.15) is 5.26 Å². The Morgan fingerprint density at radius 2 is 1.29 bits per heavy atom. The number of thiocyanates is 1. The number of hydrogen-bond donors (Lipinski definition) is 1. The quantitative estimate of drug-likeness (QED) is 0.0855. The van der Waals surface area contributed by atoms with Gasteiger partial charge in [0.1, 0.15) is 10.9 Å². The molecule has 312 valence electrons. The number of ether oxygens (including phenoxy) is 4. The van der Waals surface area contributed by atoms with Gasteiger partial charge in [0.2, 0.25) is 0 Å². The van der Waals surface area contributed by atoms with Crippen LogP contribution in [-0.4, -0.2) is 55.4 Å². The monoisotopic (exact) mass is 868 g/mol. The van der Waals surface area contributed by atoms with Gasteiger partial charge in [0.15, 0.2) is 19.9 Å². The number of thiocarbonyl (C=S) groups is 1. The van der Waals surface area contributed by atoms with Crippen LogP contribution in [0.25, 0.3) is 9.69 Å². The molecule has 58 heavy (non-hydrogen) atoms. The van der Waals surface area contributed by atoms with Gasteiger partial charge in [-0.3, -0.25) is 4.79 Å². The molecule has 0 amide bonds. The lowest BCUT2D eigenvalue weighted by Crippen LogP contribution is -2.59. The molecule has 4 aliphatic carbocycles. The van der Waals surface area contributed by atoms with Crippen LogP contribution in [-0.2, 0) is 51.7 Å². The number of nitrogens with two attached hydrogens (primary N) is 1. The molecule has 6 rings (SSSR count). The Kier molecular flexibility index (Phi) is 16.6. The Hall–Kier alpha value is -3.25. The first-order valence-electron chi connectivity index (χ1n) is 19.8. The molecular formula is C44H54Cl2N4O6S2. The molecule has 0 unspecified atom stereocenters. The van der Waals surface area contributed by atoms with Crippen molar-refractivity contribution in [1.29, 1.82) is 5.26 Å². The molecule has 2 spiro atoms. The molecule has 2 aromatic rings. The van der Waals surface area contributed by atoms with Gasteiger partial charge in [0.25, 0.3) is 0 Å². The van der Waals surface area contributed by atoms with E-state index in [9.17, 15) is 14.9 Å². The zero-order chi connectivity index (χ0) is 42.9. The molecule has 2 fully saturated rings. The van der Waals surface area contributed by atoms with E-state index >= 15 is 0 Å². The molecule has 10 nitrogen and oxygen atoms in total. The predicted molar refractivity (Wildman–Crippen MR) is 233 cm³/mol. The summed E-state index contributed by atoms with van der Waals surface area (Å²) in [5, 5.41) is 11.9. The number of rotatable bonds is 9. The summed E-state index contributed by atoms with van der Waals surface area (Å²) in [6.45, 7) is 23.2. The van der Waals surface area contributed by atoms with Crippen LogP contribution in [0.4, 0.5) is 11.4 Å². The van der Waals surface area contributed by atoms with Crippen molar-refractivity contribution < 1.29 is 28.5 Å². The van der Waals surface area contributed by atoms with Crippen molar-refractivity contribution in [2.45, 2.75) is 114 Å². The Bertz CT molecular complexity index is 1960. The average Bonchev–Trinajstić information content (AvgIpc) is 3.62. The molecule has 0 radical (unpaired) electrons. The fourth-order valence-electron chi connectivity index (χ4n) is 10.5. The Morgan fingerprint density at radius 1 is 0.845 bits per heavy atom. The second-order valence-corrected chi connectivity index (χ2v) is 18.3. The number of carbonyl (C=O) groups is 2. The van der Waals surface area contributed by atoms with E-state index in [-0.39, 0.29) is 40.0 Å². The molecule has 0 heterocycles. The summed E-state index contributed by atoms with van der Waals surface area (Å²) in [7, 11) is 3.51. The second-order valence-electron chi connectivity index (χ2n) is 15.5. The van der Waals surface area contributed by atoms with E-state index in [1.165, 1.54) is 0 Å². The van der Waals surface area contributed by atoms with E-state index in [2.05, 4.69) is 41.2 Å². The first-order valence-corrected chi connectivity index (χ1v) is 21.8. The summed E-state index contributed by atoms with van der Waals surface area (Å²) in [4.78, 5) is 33.6. The number of halogens is 2. The number of nitrogens with zero attached hydrogens (tertiary/aromatic N) is 3. The minimum absolute atomic E-state index is 0.0556. The van der Waals surface area contributed by atoms with Crippen LogP contribution in [0.2, 0.25) is 0 Å². The lowest BCUT2D eigenvalue weighted by Gasteiger charge is -2.49. The minimum atomic E-state index is -1.20. The van der Waals surface area contributed by atoms with E-state index < -0.39 is 15.7 Å². The molecule has 0 aliphatic heterocycles. The number of methoxy groups -OCH3 is 2. The average molecular weight is 870 g/mol. The number of fused-ring (bicyclic) bond motifs is 2. The number of nitriles is 1. The fraction of sp³-hybridized carbons (Fsp3) is 0.591. The van der Waals surface area contributed by atoms with Gasteiger partial charge < -0.3 is 24.7 Å². The molecule has 2 aromatic carbocycles. The van der Waals surface area contributed by atoms with Crippen molar-refractivity contribution in [1.82, 2.24) is 0 Å². The number of esters is 2. The number of hydrogen-bond acceptors (Lipinski definition) is 10. The molecule has 14 heteroatoms. The van der Waals surface area contributed by atoms with Gasteiger partial charge in [-0.05, 0) is 111 Å². The Morgan fingerprint density at radius 3 is 1.76 bits per heavy atom. The van der Waals surface area contributed by atoms with Gasteiger partial charge in [0, 0.05) is 25.0 Å². The van der Waals surface area contributed by atoms with E-state index in [0.29, 0.717) is 29.8 Å². The summed E-state index contributed by atoms with van der Waals surface area (Å²) in [6.07, 6.45) is 8.79. The predicted octanol–water partition coefficient (Wildman–Crippen LogP) is 10.4. The van der Waals surface area contributed by atoms with E-state index in [1.807, 2.05) is 18.2 Å². The van der Waals surface area contributed by atoms with Crippen LogP contribution < -0.4 is 5.73 Å². The fourth-order valence-corrected chi connectivity index (χ4v) is 11.5. The van der Waals surface area contributed by atoms with E-state index in [0.717, 1.165) is 98.2 Å². The van der Waals surface area contributed by atoms with Gasteiger partial charge >= 0.3 is 11.9 Å².